The van der Waals surface area contributed by atoms with Crippen molar-refractivity contribution < 1.29 is 23.1 Å². The largest absolute Gasteiger partial charge is 0.481 e. The highest BCUT2D eigenvalue weighted by atomic mass is 32.2. The van der Waals surface area contributed by atoms with E-state index < -0.39 is 16.2 Å². The first kappa shape index (κ1) is 16.2. The van der Waals surface area contributed by atoms with Crippen molar-refractivity contribution in [2.75, 3.05) is 24.9 Å². The number of anilines is 1. The summed E-state index contributed by atoms with van der Waals surface area (Å²) in [5.74, 6) is -0.895. The van der Waals surface area contributed by atoms with Gasteiger partial charge in [-0.05, 0) is 19.1 Å². The van der Waals surface area contributed by atoms with Gasteiger partial charge in [0, 0.05) is 19.8 Å². The van der Waals surface area contributed by atoms with E-state index in [4.69, 9.17) is 9.84 Å². The lowest BCUT2D eigenvalue weighted by molar-refractivity contribution is -0.137. The quantitative estimate of drug-likeness (QED) is 0.725. The lowest BCUT2D eigenvalue weighted by Gasteiger charge is -2.18. The predicted octanol–water partition coefficient (Wildman–Crippen LogP) is 0.543. The molecule has 0 aromatic carbocycles. The van der Waals surface area contributed by atoms with Crippen LogP contribution in [-0.4, -0.2) is 49.0 Å². The summed E-state index contributed by atoms with van der Waals surface area (Å²) in [6.07, 6.45) is 1.21. The molecule has 0 saturated heterocycles. The molecule has 0 aliphatic carbocycles. The van der Waals surface area contributed by atoms with E-state index in [0.29, 0.717) is 6.61 Å². The van der Waals surface area contributed by atoms with Crippen LogP contribution in [0, 0.1) is 0 Å². The van der Waals surface area contributed by atoms with Crippen LogP contribution in [0.1, 0.15) is 13.3 Å². The number of carboxylic acid groups (broad SMARTS) is 1. The van der Waals surface area contributed by atoms with Gasteiger partial charge in [0.15, 0.2) is 0 Å². The van der Waals surface area contributed by atoms with Crippen molar-refractivity contribution in [1.29, 1.82) is 0 Å². The smallest absolute Gasteiger partial charge is 0.304 e. The molecule has 20 heavy (non-hydrogen) atoms. The monoisotopic (exact) mass is 303 g/mol. The SMILES string of the molecule is CCOc1ncccc1NS(=O)(=O)N(C)CCC(=O)O. The summed E-state index contributed by atoms with van der Waals surface area (Å²) in [6.45, 7) is 1.97. The van der Waals surface area contributed by atoms with Crippen LogP contribution in [0.3, 0.4) is 0 Å². The minimum atomic E-state index is -3.85. The molecule has 8 nitrogen and oxygen atoms in total. The number of aliphatic carboxylic acids is 1. The van der Waals surface area contributed by atoms with Crippen molar-refractivity contribution in [3.05, 3.63) is 18.3 Å². The third kappa shape index (κ3) is 4.67. The van der Waals surface area contributed by atoms with Crippen molar-refractivity contribution in [2.45, 2.75) is 13.3 Å². The molecule has 1 aromatic heterocycles. The Labute approximate surface area is 117 Å². The summed E-state index contributed by atoms with van der Waals surface area (Å²) in [7, 11) is -2.56. The summed E-state index contributed by atoms with van der Waals surface area (Å²) in [5.41, 5.74) is 0.205. The van der Waals surface area contributed by atoms with Crippen LogP contribution in [0.15, 0.2) is 18.3 Å². The maximum Gasteiger partial charge on any atom is 0.304 e. The Morgan fingerprint density at radius 3 is 2.85 bits per heavy atom. The normalized spacial score (nSPS) is 11.3. The molecule has 9 heteroatoms. The molecule has 1 rings (SSSR count). The van der Waals surface area contributed by atoms with E-state index in [2.05, 4.69) is 9.71 Å². The van der Waals surface area contributed by atoms with Gasteiger partial charge in [0.1, 0.15) is 5.69 Å². The van der Waals surface area contributed by atoms with E-state index >= 15 is 0 Å². The second kappa shape index (κ2) is 7.06. The molecule has 0 bridgehead atoms. The van der Waals surface area contributed by atoms with Crippen LogP contribution in [0.5, 0.6) is 5.88 Å². The number of rotatable bonds is 8. The highest BCUT2D eigenvalue weighted by Crippen LogP contribution is 2.22. The van der Waals surface area contributed by atoms with Gasteiger partial charge in [-0.1, -0.05) is 0 Å². The van der Waals surface area contributed by atoms with Gasteiger partial charge in [-0.2, -0.15) is 12.7 Å². The molecule has 112 valence electrons. The second-order valence-corrected chi connectivity index (χ2v) is 5.64. The van der Waals surface area contributed by atoms with Crippen LogP contribution in [-0.2, 0) is 15.0 Å². The molecular formula is C11H17N3O5S. The topological polar surface area (TPSA) is 109 Å². The van der Waals surface area contributed by atoms with Crippen LogP contribution < -0.4 is 9.46 Å². The Hall–Kier alpha value is -1.87. The van der Waals surface area contributed by atoms with Gasteiger partial charge in [-0.3, -0.25) is 9.52 Å². The molecule has 0 amide bonds. The lowest BCUT2D eigenvalue weighted by Crippen LogP contribution is -2.34. The fourth-order valence-electron chi connectivity index (χ4n) is 1.31. The Balaban J connectivity index is 2.82. The third-order valence-corrected chi connectivity index (χ3v) is 3.82. The average molecular weight is 303 g/mol. The van der Waals surface area contributed by atoms with E-state index in [-0.39, 0.29) is 24.5 Å². The molecule has 0 aliphatic heterocycles. The first-order chi connectivity index (χ1) is 9.36. The van der Waals surface area contributed by atoms with Crippen molar-refractivity contribution in [2.24, 2.45) is 0 Å². The molecule has 1 heterocycles. The summed E-state index contributed by atoms with van der Waals surface area (Å²) >= 11 is 0. The second-order valence-electron chi connectivity index (χ2n) is 3.86. The summed E-state index contributed by atoms with van der Waals surface area (Å²) in [4.78, 5) is 14.4. The molecule has 0 radical (unpaired) electrons. The fourth-order valence-corrected chi connectivity index (χ4v) is 2.23. The zero-order chi connectivity index (χ0) is 15.2. The van der Waals surface area contributed by atoms with Gasteiger partial charge in [0.05, 0.1) is 13.0 Å². The summed E-state index contributed by atoms with van der Waals surface area (Å²) < 4.78 is 32.5. The van der Waals surface area contributed by atoms with Gasteiger partial charge >= 0.3 is 16.2 Å². The number of ether oxygens (including phenoxy) is 1. The molecule has 0 unspecified atom stereocenters. The number of nitrogens with zero attached hydrogens (tertiary/aromatic N) is 2. The third-order valence-electron chi connectivity index (χ3n) is 2.34. The van der Waals surface area contributed by atoms with Crippen molar-refractivity contribution in [1.82, 2.24) is 9.29 Å². The number of carbonyl (C=O) groups is 1. The van der Waals surface area contributed by atoms with Crippen molar-refractivity contribution >= 4 is 21.9 Å². The fraction of sp³-hybridized carbons (Fsp3) is 0.455. The molecule has 0 fully saturated rings. The highest BCUT2D eigenvalue weighted by Gasteiger charge is 2.20. The Kier molecular flexibility index (Phi) is 5.71. The van der Waals surface area contributed by atoms with Crippen molar-refractivity contribution in [3.63, 3.8) is 0 Å². The predicted molar refractivity (Wildman–Crippen MR) is 72.8 cm³/mol. The molecular weight excluding hydrogens is 286 g/mol. The standard InChI is InChI=1S/C11H17N3O5S/c1-3-19-11-9(5-4-7-12-11)13-20(17,18)14(2)8-6-10(15)16/h4-5,7,13H,3,6,8H2,1-2H3,(H,15,16). The van der Waals surface area contributed by atoms with Gasteiger partial charge in [-0.15, -0.1) is 0 Å². The van der Waals surface area contributed by atoms with Crippen LogP contribution in [0.25, 0.3) is 0 Å². The average Bonchev–Trinajstić information content (AvgIpc) is 2.38. The van der Waals surface area contributed by atoms with Gasteiger partial charge in [0.2, 0.25) is 5.88 Å². The minimum absolute atomic E-state index is 0.130. The van der Waals surface area contributed by atoms with E-state index in [9.17, 15) is 13.2 Å². The summed E-state index contributed by atoms with van der Waals surface area (Å²) in [5, 5.41) is 8.56. The molecule has 2 N–H and O–H groups in total. The van der Waals surface area contributed by atoms with E-state index in [0.717, 1.165) is 4.31 Å². The zero-order valence-electron chi connectivity index (χ0n) is 11.2. The van der Waals surface area contributed by atoms with E-state index in [1.807, 2.05) is 0 Å². The highest BCUT2D eigenvalue weighted by molar-refractivity contribution is 7.90. The van der Waals surface area contributed by atoms with Gasteiger partial charge < -0.3 is 9.84 Å². The lowest BCUT2D eigenvalue weighted by atomic mass is 10.4. The first-order valence-corrected chi connectivity index (χ1v) is 7.34. The Morgan fingerprint density at radius 2 is 2.25 bits per heavy atom. The number of hydrogen-bond acceptors (Lipinski definition) is 5. The van der Waals surface area contributed by atoms with Gasteiger partial charge in [-0.25, -0.2) is 4.98 Å². The van der Waals surface area contributed by atoms with Crippen LogP contribution in [0.2, 0.25) is 0 Å². The van der Waals surface area contributed by atoms with Crippen LogP contribution in [0.4, 0.5) is 5.69 Å². The van der Waals surface area contributed by atoms with E-state index in [1.54, 1.807) is 13.0 Å². The van der Waals surface area contributed by atoms with Crippen LogP contribution >= 0.6 is 0 Å². The minimum Gasteiger partial charge on any atom is -0.481 e. The first-order valence-electron chi connectivity index (χ1n) is 5.90. The molecule has 1 aromatic rings. The number of hydrogen-bond donors (Lipinski definition) is 2. The number of nitrogens with one attached hydrogen (secondary N) is 1. The number of aromatic nitrogens is 1. The van der Waals surface area contributed by atoms with E-state index in [1.165, 1.54) is 19.3 Å². The Bertz CT molecular complexity index is 561. The molecule has 0 atom stereocenters. The number of carboxylic acids is 1. The Morgan fingerprint density at radius 1 is 1.55 bits per heavy atom. The molecule has 0 saturated carbocycles. The van der Waals surface area contributed by atoms with Crippen molar-refractivity contribution in [3.8, 4) is 5.88 Å². The summed E-state index contributed by atoms with van der Waals surface area (Å²) in [6, 6.07) is 3.08. The zero-order valence-corrected chi connectivity index (χ0v) is 12.1. The number of pyridine rings is 1. The molecule has 0 aliphatic rings. The maximum atomic E-state index is 12.0. The molecule has 0 spiro atoms. The van der Waals surface area contributed by atoms with Gasteiger partial charge in [0.25, 0.3) is 0 Å². The maximum absolute atomic E-state index is 12.0.